The molecule has 2 aromatic rings. The maximum atomic E-state index is 6.01. The summed E-state index contributed by atoms with van der Waals surface area (Å²) in [4.78, 5) is 15.2. The SMILES string of the molecule is Cc1ncc(CN2CCC(c3cccnc3)C(C)C2)c(N)n1. The lowest BCUT2D eigenvalue weighted by Crippen LogP contribution is -2.38. The Kier molecular flexibility index (Phi) is 4.34. The predicted molar refractivity (Wildman–Crippen MR) is 87.2 cm³/mol. The standard InChI is InChI=1S/C17H23N5/c1-12-10-22(11-15-9-20-13(2)21-17(15)18)7-5-16(12)14-4-3-6-19-8-14/h3-4,6,8-9,12,16H,5,7,10-11H2,1-2H3,(H2,18,20,21). The topological polar surface area (TPSA) is 67.9 Å². The molecule has 0 aromatic carbocycles. The lowest BCUT2D eigenvalue weighted by atomic mass is 9.82. The van der Waals surface area contributed by atoms with E-state index in [0.29, 0.717) is 17.7 Å². The van der Waals surface area contributed by atoms with Crippen molar-refractivity contribution in [2.45, 2.75) is 32.7 Å². The van der Waals surface area contributed by atoms with Gasteiger partial charge in [0, 0.05) is 37.2 Å². The van der Waals surface area contributed by atoms with Gasteiger partial charge in [-0.15, -0.1) is 0 Å². The number of rotatable bonds is 3. The van der Waals surface area contributed by atoms with Crippen LogP contribution in [0.5, 0.6) is 0 Å². The summed E-state index contributed by atoms with van der Waals surface area (Å²) in [5, 5.41) is 0. The van der Waals surface area contributed by atoms with Crippen molar-refractivity contribution in [1.82, 2.24) is 19.9 Å². The van der Waals surface area contributed by atoms with Gasteiger partial charge in [-0.3, -0.25) is 9.88 Å². The van der Waals surface area contributed by atoms with Gasteiger partial charge < -0.3 is 5.73 Å². The zero-order valence-electron chi connectivity index (χ0n) is 13.2. The number of likely N-dealkylation sites (tertiary alicyclic amines) is 1. The number of anilines is 1. The van der Waals surface area contributed by atoms with Crippen molar-refractivity contribution in [3.63, 3.8) is 0 Å². The van der Waals surface area contributed by atoms with Crippen LogP contribution in [0.1, 0.15) is 36.2 Å². The Bertz CT molecular complexity index is 628. The van der Waals surface area contributed by atoms with E-state index in [0.717, 1.165) is 37.4 Å². The zero-order valence-corrected chi connectivity index (χ0v) is 13.2. The Labute approximate surface area is 131 Å². The predicted octanol–water partition coefficient (Wildman–Crippen LogP) is 2.39. The number of nitrogen functional groups attached to an aromatic ring is 1. The first-order valence-electron chi connectivity index (χ1n) is 7.83. The minimum atomic E-state index is 0.594. The van der Waals surface area contributed by atoms with Gasteiger partial charge >= 0.3 is 0 Å². The summed E-state index contributed by atoms with van der Waals surface area (Å²) in [6, 6.07) is 4.22. The first kappa shape index (κ1) is 14.9. The summed E-state index contributed by atoms with van der Waals surface area (Å²) in [5.74, 6) is 2.53. The third-order valence-corrected chi connectivity index (χ3v) is 4.51. The number of hydrogen-bond donors (Lipinski definition) is 1. The van der Waals surface area contributed by atoms with Crippen molar-refractivity contribution >= 4 is 5.82 Å². The summed E-state index contributed by atoms with van der Waals surface area (Å²) in [5.41, 5.74) is 8.39. The number of aromatic nitrogens is 3. The second kappa shape index (κ2) is 6.40. The highest BCUT2D eigenvalue weighted by Crippen LogP contribution is 2.32. The molecule has 116 valence electrons. The van der Waals surface area contributed by atoms with E-state index in [1.54, 1.807) is 0 Å². The maximum absolute atomic E-state index is 6.01. The van der Waals surface area contributed by atoms with Gasteiger partial charge in [-0.05, 0) is 43.4 Å². The molecule has 3 rings (SSSR count). The van der Waals surface area contributed by atoms with Crippen molar-refractivity contribution < 1.29 is 0 Å². The largest absolute Gasteiger partial charge is 0.383 e. The number of piperidine rings is 1. The van der Waals surface area contributed by atoms with Gasteiger partial charge in [0.05, 0.1) is 0 Å². The fraction of sp³-hybridized carbons (Fsp3) is 0.471. The molecule has 5 heteroatoms. The molecule has 0 aliphatic carbocycles. The van der Waals surface area contributed by atoms with Crippen molar-refractivity contribution in [3.05, 3.63) is 47.7 Å². The van der Waals surface area contributed by atoms with E-state index >= 15 is 0 Å². The molecule has 2 unspecified atom stereocenters. The van der Waals surface area contributed by atoms with Gasteiger partial charge in [-0.1, -0.05) is 13.0 Å². The fourth-order valence-corrected chi connectivity index (χ4v) is 3.34. The van der Waals surface area contributed by atoms with E-state index < -0.39 is 0 Å². The van der Waals surface area contributed by atoms with Crippen LogP contribution in [-0.4, -0.2) is 32.9 Å². The van der Waals surface area contributed by atoms with Crippen LogP contribution in [0.15, 0.2) is 30.7 Å². The average molecular weight is 297 g/mol. The van der Waals surface area contributed by atoms with Crippen molar-refractivity contribution in [2.75, 3.05) is 18.8 Å². The van der Waals surface area contributed by atoms with Crippen LogP contribution in [0.3, 0.4) is 0 Å². The highest BCUT2D eigenvalue weighted by atomic mass is 15.1. The van der Waals surface area contributed by atoms with Gasteiger partial charge in [-0.25, -0.2) is 9.97 Å². The molecule has 3 heterocycles. The summed E-state index contributed by atoms with van der Waals surface area (Å²) in [6.07, 6.45) is 6.85. The molecular formula is C17H23N5. The van der Waals surface area contributed by atoms with Crippen LogP contribution >= 0.6 is 0 Å². The highest BCUT2D eigenvalue weighted by Gasteiger charge is 2.27. The van der Waals surface area contributed by atoms with Crippen LogP contribution < -0.4 is 5.73 Å². The summed E-state index contributed by atoms with van der Waals surface area (Å²) >= 11 is 0. The second-order valence-electron chi connectivity index (χ2n) is 6.22. The molecule has 2 N–H and O–H groups in total. The average Bonchev–Trinajstić information content (AvgIpc) is 2.51. The van der Waals surface area contributed by atoms with Crippen molar-refractivity contribution in [3.8, 4) is 0 Å². The summed E-state index contributed by atoms with van der Waals surface area (Å²) in [7, 11) is 0. The number of hydrogen-bond acceptors (Lipinski definition) is 5. The smallest absolute Gasteiger partial charge is 0.131 e. The Morgan fingerprint density at radius 3 is 2.91 bits per heavy atom. The normalized spacial score (nSPS) is 22.6. The van der Waals surface area contributed by atoms with Crippen LogP contribution in [0.4, 0.5) is 5.82 Å². The monoisotopic (exact) mass is 297 g/mol. The molecule has 0 spiro atoms. The number of pyridine rings is 1. The molecule has 1 aliphatic heterocycles. The van der Waals surface area contributed by atoms with E-state index in [1.807, 2.05) is 31.6 Å². The van der Waals surface area contributed by atoms with Crippen LogP contribution in [0, 0.1) is 12.8 Å². The van der Waals surface area contributed by atoms with Gasteiger partial charge in [0.1, 0.15) is 11.6 Å². The van der Waals surface area contributed by atoms with Crippen LogP contribution in [-0.2, 0) is 6.54 Å². The minimum Gasteiger partial charge on any atom is -0.383 e. The molecule has 0 amide bonds. The van der Waals surface area contributed by atoms with E-state index in [-0.39, 0.29) is 0 Å². The molecule has 5 nitrogen and oxygen atoms in total. The molecule has 1 aliphatic rings. The summed E-state index contributed by atoms with van der Waals surface area (Å²) < 4.78 is 0. The fourth-order valence-electron chi connectivity index (χ4n) is 3.34. The second-order valence-corrected chi connectivity index (χ2v) is 6.22. The Morgan fingerprint density at radius 1 is 1.36 bits per heavy atom. The molecule has 0 bridgehead atoms. The molecule has 22 heavy (non-hydrogen) atoms. The Morgan fingerprint density at radius 2 is 2.23 bits per heavy atom. The summed E-state index contributed by atoms with van der Waals surface area (Å²) in [6.45, 7) is 7.14. The molecule has 0 saturated carbocycles. The minimum absolute atomic E-state index is 0.594. The lowest BCUT2D eigenvalue weighted by molar-refractivity contribution is 0.156. The van der Waals surface area contributed by atoms with E-state index in [1.165, 1.54) is 5.56 Å². The van der Waals surface area contributed by atoms with Gasteiger partial charge in [-0.2, -0.15) is 0 Å². The maximum Gasteiger partial charge on any atom is 0.131 e. The number of nitrogens with two attached hydrogens (primary N) is 1. The van der Waals surface area contributed by atoms with Crippen LogP contribution in [0.25, 0.3) is 0 Å². The molecule has 2 atom stereocenters. The van der Waals surface area contributed by atoms with E-state index in [2.05, 4.69) is 32.8 Å². The first-order valence-corrected chi connectivity index (χ1v) is 7.83. The molecule has 2 aromatic heterocycles. The van der Waals surface area contributed by atoms with Crippen LogP contribution in [0.2, 0.25) is 0 Å². The molecule has 1 saturated heterocycles. The van der Waals surface area contributed by atoms with Crippen molar-refractivity contribution in [1.29, 1.82) is 0 Å². The van der Waals surface area contributed by atoms with Gasteiger partial charge in [0.25, 0.3) is 0 Å². The zero-order chi connectivity index (χ0) is 15.5. The number of aryl methyl sites for hydroxylation is 1. The number of nitrogens with zero attached hydrogens (tertiary/aromatic N) is 4. The van der Waals surface area contributed by atoms with E-state index in [4.69, 9.17) is 5.73 Å². The Hall–Kier alpha value is -2.01. The third-order valence-electron chi connectivity index (χ3n) is 4.51. The van der Waals surface area contributed by atoms with E-state index in [9.17, 15) is 0 Å². The molecule has 1 fully saturated rings. The third kappa shape index (κ3) is 3.25. The van der Waals surface area contributed by atoms with Gasteiger partial charge in [0.15, 0.2) is 0 Å². The highest BCUT2D eigenvalue weighted by molar-refractivity contribution is 5.37. The Balaban J connectivity index is 1.65. The molecule has 0 radical (unpaired) electrons. The molecular weight excluding hydrogens is 274 g/mol. The lowest BCUT2D eigenvalue weighted by Gasteiger charge is -2.37. The quantitative estimate of drug-likeness (QED) is 0.942. The first-order chi connectivity index (χ1) is 10.6. The van der Waals surface area contributed by atoms with Gasteiger partial charge in [0.2, 0.25) is 0 Å². The van der Waals surface area contributed by atoms with Crippen molar-refractivity contribution in [2.24, 2.45) is 5.92 Å².